The lowest BCUT2D eigenvalue weighted by Gasteiger charge is -2.29. The number of rotatable bonds is 8. The van der Waals surface area contributed by atoms with E-state index in [-0.39, 0.29) is 11.1 Å². The first kappa shape index (κ1) is 35.3. The van der Waals surface area contributed by atoms with Crippen LogP contribution in [0.2, 0.25) is 5.28 Å². The van der Waals surface area contributed by atoms with Crippen molar-refractivity contribution in [1.29, 1.82) is 0 Å². The Labute approximate surface area is 319 Å². The van der Waals surface area contributed by atoms with E-state index in [1.165, 1.54) is 38.2 Å². The SMILES string of the molecule is CCn1c2ccccc2c2cc(C(=O)Cc3cccnc3N3CCOCC3)ccc21.CCn1c2ccccc2c2cc(Nc3cc(C)nc(Cl)n3)ccc21. The molecule has 0 saturated carbocycles. The summed E-state index contributed by atoms with van der Waals surface area (Å²) in [5.41, 5.74) is 8.41. The number of anilines is 3. The number of halogens is 1. The van der Waals surface area contributed by atoms with E-state index in [0.717, 1.165) is 59.9 Å². The zero-order valence-electron chi connectivity index (χ0n) is 30.7. The van der Waals surface area contributed by atoms with Crippen LogP contribution in [0.15, 0.2) is 109 Å². The number of fused-ring (bicyclic) bond motifs is 6. The summed E-state index contributed by atoms with van der Waals surface area (Å²) in [7, 11) is 0. The number of para-hydroxylation sites is 2. The molecule has 1 aliphatic rings. The van der Waals surface area contributed by atoms with E-state index in [2.05, 4.69) is 127 Å². The van der Waals surface area contributed by atoms with E-state index >= 15 is 0 Å². The Morgan fingerprint density at radius 1 is 0.741 bits per heavy atom. The maximum Gasteiger partial charge on any atom is 0.224 e. The molecule has 272 valence electrons. The lowest BCUT2D eigenvalue weighted by atomic mass is 10.0. The lowest BCUT2D eigenvalue weighted by Crippen LogP contribution is -2.37. The third-order valence-electron chi connectivity index (χ3n) is 10.1. The minimum atomic E-state index is 0.118. The molecule has 10 heteroatoms. The second kappa shape index (κ2) is 15.3. The second-order valence-electron chi connectivity index (χ2n) is 13.5. The van der Waals surface area contributed by atoms with Gasteiger partial charge in [0.15, 0.2) is 5.78 Å². The van der Waals surface area contributed by atoms with Crippen LogP contribution in [0.1, 0.15) is 35.5 Å². The van der Waals surface area contributed by atoms with Crippen LogP contribution in [-0.4, -0.2) is 56.2 Å². The van der Waals surface area contributed by atoms with Gasteiger partial charge in [0.25, 0.3) is 0 Å². The normalized spacial score (nSPS) is 13.1. The molecule has 54 heavy (non-hydrogen) atoms. The Hall–Kier alpha value is -5.77. The third-order valence-corrected chi connectivity index (χ3v) is 10.3. The fraction of sp³-hybridized carbons (Fsp3) is 0.227. The summed E-state index contributed by atoms with van der Waals surface area (Å²) in [5, 5.41) is 8.40. The summed E-state index contributed by atoms with van der Waals surface area (Å²) in [5.74, 6) is 1.72. The monoisotopic (exact) mass is 735 g/mol. The average Bonchev–Trinajstić information content (AvgIpc) is 3.69. The molecule has 1 N–H and O–H groups in total. The number of Topliss-reactive ketones (excluding diaryl/α,β-unsaturated/α-hetero) is 1. The number of nitrogens with one attached hydrogen (secondary N) is 1. The summed E-state index contributed by atoms with van der Waals surface area (Å²) in [6.45, 7) is 11.1. The molecule has 0 bridgehead atoms. The van der Waals surface area contributed by atoms with E-state index in [1.807, 2.05) is 31.2 Å². The topological polar surface area (TPSA) is 90.1 Å². The number of nitrogens with zero attached hydrogens (tertiary/aromatic N) is 6. The molecule has 5 heterocycles. The highest BCUT2D eigenvalue weighted by Gasteiger charge is 2.19. The molecule has 0 radical (unpaired) electrons. The number of ether oxygens (including phenoxy) is 1. The molecule has 1 saturated heterocycles. The molecule has 4 aromatic heterocycles. The van der Waals surface area contributed by atoms with Gasteiger partial charge in [-0.15, -0.1) is 0 Å². The molecule has 9 nitrogen and oxygen atoms in total. The molecular weight excluding hydrogens is 694 g/mol. The van der Waals surface area contributed by atoms with Gasteiger partial charge in [0.2, 0.25) is 5.28 Å². The molecule has 9 rings (SSSR count). The number of benzene rings is 4. The predicted octanol–water partition coefficient (Wildman–Crippen LogP) is 9.78. The van der Waals surface area contributed by atoms with E-state index in [1.54, 1.807) is 6.20 Å². The van der Waals surface area contributed by atoms with Crippen LogP contribution >= 0.6 is 11.6 Å². The van der Waals surface area contributed by atoms with Gasteiger partial charge >= 0.3 is 0 Å². The molecule has 8 aromatic rings. The highest BCUT2D eigenvalue weighted by molar-refractivity contribution is 6.28. The first-order valence-electron chi connectivity index (χ1n) is 18.5. The first-order chi connectivity index (χ1) is 26.4. The number of carbonyl (C=O) groups excluding carboxylic acids is 1. The van der Waals surface area contributed by atoms with Gasteiger partial charge < -0.3 is 24.1 Å². The molecule has 0 amide bonds. The van der Waals surface area contributed by atoms with Crippen molar-refractivity contribution < 1.29 is 9.53 Å². The van der Waals surface area contributed by atoms with Crippen molar-refractivity contribution in [2.45, 2.75) is 40.3 Å². The first-order valence-corrected chi connectivity index (χ1v) is 18.9. The van der Waals surface area contributed by atoms with Gasteiger partial charge in [-0.1, -0.05) is 42.5 Å². The van der Waals surface area contributed by atoms with Gasteiger partial charge in [-0.3, -0.25) is 4.79 Å². The van der Waals surface area contributed by atoms with Gasteiger partial charge in [0.1, 0.15) is 11.6 Å². The standard InChI is InChI=1S/C25H25N3O2.C19H17ClN4/c1-2-28-22-8-4-3-7-20(22)21-16-18(9-10-23(21)28)24(29)17-19-6-5-11-26-25(19)27-12-14-30-15-13-27;1-3-24-16-7-5-4-6-14(16)15-11-13(8-9-17(15)24)22-18-10-12(2)21-19(20)23-18/h3-11,16H,2,12-15,17H2,1H3;4-11H,3H2,1-2H3,(H,21,22,23). The maximum atomic E-state index is 13.2. The highest BCUT2D eigenvalue weighted by Crippen LogP contribution is 2.33. The molecule has 0 spiro atoms. The maximum absolute atomic E-state index is 13.2. The summed E-state index contributed by atoms with van der Waals surface area (Å²) < 4.78 is 10.1. The number of morpholine rings is 1. The molecular formula is C44H42ClN7O2. The molecule has 0 unspecified atom stereocenters. The van der Waals surface area contributed by atoms with Crippen molar-refractivity contribution in [3.8, 4) is 0 Å². The largest absolute Gasteiger partial charge is 0.378 e. The van der Waals surface area contributed by atoms with E-state index in [9.17, 15) is 4.79 Å². The summed E-state index contributed by atoms with van der Waals surface area (Å²) >= 11 is 5.95. The van der Waals surface area contributed by atoms with Crippen molar-refractivity contribution in [3.63, 3.8) is 0 Å². The number of carbonyl (C=O) groups is 1. The number of hydrogen-bond donors (Lipinski definition) is 1. The molecule has 0 aliphatic carbocycles. The van der Waals surface area contributed by atoms with Crippen molar-refractivity contribution in [3.05, 3.63) is 131 Å². The van der Waals surface area contributed by atoms with Gasteiger partial charge in [0, 0.05) is 111 Å². The number of aryl methyl sites for hydroxylation is 3. The summed E-state index contributed by atoms with van der Waals surface area (Å²) in [6.07, 6.45) is 2.14. The number of ketones is 1. The Balaban J connectivity index is 0.000000157. The quantitative estimate of drug-likeness (QED) is 0.123. The highest BCUT2D eigenvalue weighted by atomic mass is 35.5. The van der Waals surface area contributed by atoms with Gasteiger partial charge in [-0.2, -0.15) is 0 Å². The Kier molecular flexibility index (Phi) is 9.99. The minimum absolute atomic E-state index is 0.118. The lowest BCUT2D eigenvalue weighted by molar-refractivity contribution is 0.0993. The second-order valence-corrected chi connectivity index (χ2v) is 13.8. The van der Waals surface area contributed by atoms with E-state index in [0.29, 0.717) is 25.5 Å². The zero-order valence-corrected chi connectivity index (χ0v) is 31.5. The van der Waals surface area contributed by atoms with Crippen LogP contribution in [0, 0.1) is 6.92 Å². The molecule has 1 aliphatic heterocycles. The van der Waals surface area contributed by atoms with Crippen LogP contribution in [0.5, 0.6) is 0 Å². The average molecular weight is 736 g/mol. The predicted molar refractivity (Wildman–Crippen MR) is 221 cm³/mol. The third kappa shape index (κ3) is 6.88. The van der Waals surface area contributed by atoms with Crippen molar-refractivity contribution >= 4 is 78.3 Å². The van der Waals surface area contributed by atoms with E-state index < -0.39 is 0 Å². The van der Waals surface area contributed by atoms with Crippen LogP contribution in [0.25, 0.3) is 43.6 Å². The molecule has 1 fully saturated rings. The van der Waals surface area contributed by atoms with E-state index in [4.69, 9.17) is 16.3 Å². The van der Waals surface area contributed by atoms with Crippen molar-refractivity contribution in [2.75, 3.05) is 36.5 Å². The fourth-order valence-electron chi connectivity index (χ4n) is 7.69. The Morgan fingerprint density at radius 3 is 2.04 bits per heavy atom. The van der Waals surface area contributed by atoms with Gasteiger partial charge in [0.05, 0.1) is 13.2 Å². The molecule has 0 atom stereocenters. The van der Waals surface area contributed by atoms with Crippen molar-refractivity contribution in [1.82, 2.24) is 24.1 Å². The van der Waals surface area contributed by atoms with Crippen LogP contribution in [0.3, 0.4) is 0 Å². The number of pyridine rings is 1. The smallest absolute Gasteiger partial charge is 0.224 e. The minimum Gasteiger partial charge on any atom is -0.378 e. The number of hydrogen-bond acceptors (Lipinski definition) is 7. The van der Waals surface area contributed by atoms with Crippen molar-refractivity contribution in [2.24, 2.45) is 0 Å². The Morgan fingerprint density at radius 2 is 1.37 bits per heavy atom. The summed E-state index contributed by atoms with van der Waals surface area (Å²) in [4.78, 5) is 28.3. The number of aromatic nitrogens is 5. The fourth-order valence-corrected chi connectivity index (χ4v) is 7.91. The summed E-state index contributed by atoms with van der Waals surface area (Å²) in [6, 6.07) is 35.2. The molecule has 4 aromatic carbocycles. The van der Waals surface area contributed by atoms with Crippen LogP contribution in [-0.2, 0) is 24.2 Å². The van der Waals surface area contributed by atoms with Gasteiger partial charge in [-0.25, -0.2) is 15.0 Å². The Bertz CT molecular complexity index is 2620. The van der Waals surface area contributed by atoms with Crippen LogP contribution in [0.4, 0.5) is 17.3 Å². The van der Waals surface area contributed by atoms with Gasteiger partial charge in [-0.05, 0) is 87.0 Å². The van der Waals surface area contributed by atoms with Crippen LogP contribution < -0.4 is 10.2 Å². The zero-order chi connectivity index (χ0) is 37.2.